The number of carbonyl (C=O) groups excluding carboxylic acids is 1. The maximum absolute atomic E-state index is 13.2. The summed E-state index contributed by atoms with van der Waals surface area (Å²) in [5, 5.41) is 19.0. The molecule has 0 aromatic heterocycles. The molecule has 0 saturated heterocycles. The van der Waals surface area contributed by atoms with Gasteiger partial charge in [-0.25, -0.2) is 4.79 Å². The predicted octanol–water partition coefficient (Wildman–Crippen LogP) is 3.53. The number of alkyl halides is 6. The lowest BCUT2D eigenvalue weighted by Crippen LogP contribution is -2.67. The van der Waals surface area contributed by atoms with Gasteiger partial charge in [0, 0.05) is 5.57 Å². The predicted molar refractivity (Wildman–Crippen MR) is 80.3 cm³/mol. The normalized spacial score (nSPS) is 21.3. The van der Waals surface area contributed by atoms with Crippen molar-refractivity contribution in [2.45, 2.75) is 24.4 Å². The standard InChI is InChI=1S/C17H12F6O4/c18-16(19,20)15(27,17(21,22)23)14(9-24)7-6-11(12(8-14)13(25)26)10-4-2-1-3-5-10/h1-7,9,27H,8H2,(H,25,26). The van der Waals surface area contributed by atoms with Crippen molar-refractivity contribution in [1.29, 1.82) is 0 Å². The number of carboxylic acids is 1. The van der Waals surface area contributed by atoms with Crippen molar-refractivity contribution in [2.24, 2.45) is 5.41 Å². The molecule has 0 amide bonds. The second-order valence-electron chi connectivity index (χ2n) is 5.94. The van der Waals surface area contributed by atoms with Crippen molar-refractivity contribution in [3.8, 4) is 0 Å². The van der Waals surface area contributed by atoms with E-state index in [2.05, 4.69) is 0 Å². The van der Waals surface area contributed by atoms with Gasteiger partial charge in [-0.05, 0) is 17.6 Å². The van der Waals surface area contributed by atoms with E-state index in [-0.39, 0.29) is 17.2 Å². The van der Waals surface area contributed by atoms with Crippen molar-refractivity contribution in [2.75, 3.05) is 0 Å². The van der Waals surface area contributed by atoms with Gasteiger partial charge < -0.3 is 15.0 Å². The Labute approximate surface area is 148 Å². The monoisotopic (exact) mass is 394 g/mol. The van der Waals surface area contributed by atoms with E-state index in [1.165, 1.54) is 24.3 Å². The van der Waals surface area contributed by atoms with E-state index in [0.29, 0.717) is 6.08 Å². The molecule has 0 saturated carbocycles. The van der Waals surface area contributed by atoms with Crippen molar-refractivity contribution in [3.05, 3.63) is 53.6 Å². The number of carbonyl (C=O) groups is 2. The van der Waals surface area contributed by atoms with Crippen molar-refractivity contribution >= 4 is 17.8 Å². The molecule has 0 radical (unpaired) electrons. The molecule has 1 aromatic carbocycles. The number of benzene rings is 1. The fraction of sp³-hybridized carbons (Fsp3) is 0.294. The highest BCUT2D eigenvalue weighted by molar-refractivity contribution is 6.01. The highest BCUT2D eigenvalue weighted by Gasteiger charge is 2.79. The van der Waals surface area contributed by atoms with Gasteiger partial charge in [-0.15, -0.1) is 0 Å². The van der Waals surface area contributed by atoms with Gasteiger partial charge in [0.2, 0.25) is 0 Å². The van der Waals surface area contributed by atoms with Gasteiger partial charge >= 0.3 is 18.3 Å². The van der Waals surface area contributed by atoms with Gasteiger partial charge in [0.25, 0.3) is 5.60 Å². The zero-order valence-electron chi connectivity index (χ0n) is 13.3. The van der Waals surface area contributed by atoms with Crippen molar-refractivity contribution in [3.63, 3.8) is 0 Å². The van der Waals surface area contributed by atoms with Gasteiger partial charge in [-0.2, -0.15) is 26.3 Å². The van der Waals surface area contributed by atoms with E-state index in [0.717, 1.165) is 0 Å². The fourth-order valence-corrected chi connectivity index (χ4v) is 2.96. The Morgan fingerprint density at radius 2 is 1.56 bits per heavy atom. The Hall–Kier alpha value is -2.62. The largest absolute Gasteiger partial charge is 0.478 e. The molecule has 1 aliphatic carbocycles. The molecule has 0 fully saturated rings. The number of halogens is 6. The van der Waals surface area contributed by atoms with Gasteiger partial charge in [0.05, 0.1) is 5.41 Å². The molecule has 1 aliphatic rings. The van der Waals surface area contributed by atoms with Crippen molar-refractivity contribution < 1.29 is 46.1 Å². The van der Waals surface area contributed by atoms with Gasteiger partial charge in [-0.1, -0.05) is 42.5 Å². The van der Waals surface area contributed by atoms with Crippen LogP contribution in [-0.2, 0) is 9.59 Å². The van der Waals surface area contributed by atoms with E-state index >= 15 is 0 Å². The fourth-order valence-electron chi connectivity index (χ4n) is 2.96. The minimum absolute atomic E-state index is 0.160. The minimum Gasteiger partial charge on any atom is -0.478 e. The van der Waals surface area contributed by atoms with Crippen LogP contribution in [0.15, 0.2) is 48.1 Å². The lowest BCUT2D eigenvalue weighted by atomic mass is 9.64. The lowest BCUT2D eigenvalue weighted by molar-refractivity contribution is -0.390. The molecule has 10 heteroatoms. The number of rotatable bonds is 4. The summed E-state index contributed by atoms with van der Waals surface area (Å²) in [6, 6.07) is 7.34. The molecule has 1 unspecified atom stereocenters. The number of aliphatic hydroxyl groups is 1. The molecule has 146 valence electrons. The van der Waals surface area contributed by atoms with Crippen LogP contribution in [0.5, 0.6) is 0 Å². The summed E-state index contributed by atoms with van der Waals surface area (Å²) < 4.78 is 79.4. The molecule has 0 aliphatic heterocycles. The number of allylic oxidation sites excluding steroid dienone is 2. The van der Waals surface area contributed by atoms with Crippen LogP contribution < -0.4 is 0 Å². The molecule has 4 nitrogen and oxygen atoms in total. The van der Waals surface area contributed by atoms with Gasteiger partial charge in [-0.3, -0.25) is 0 Å². The van der Waals surface area contributed by atoms with Crippen LogP contribution in [-0.4, -0.2) is 40.4 Å². The van der Waals surface area contributed by atoms with E-state index in [4.69, 9.17) is 0 Å². The van der Waals surface area contributed by atoms with Gasteiger partial charge in [0.1, 0.15) is 6.29 Å². The smallest absolute Gasteiger partial charge is 0.427 e. The van der Waals surface area contributed by atoms with E-state index in [1.54, 1.807) is 6.07 Å². The summed E-state index contributed by atoms with van der Waals surface area (Å²) >= 11 is 0. The molecule has 0 bridgehead atoms. The summed E-state index contributed by atoms with van der Waals surface area (Å²) in [6.07, 6.45) is -13.8. The molecule has 2 N–H and O–H groups in total. The summed E-state index contributed by atoms with van der Waals surface area (Å²) in [6.45, 7) is 0. The molecule has 1 atom stereocenters. The molecule has 0 heterocycles. The van der Waals surface area contributed by atoms with Crippen LogP contribution in [0.3, 0.4) is 0 Å². The third-order valence-electron chi connectivity index (χ3n) is 4.39. The van der Waals surface area contributed by atoms with Gasteiger partial charge in [0.15, 0.2) is 0 Å². The highest BCUT2D eigenvalue weighted by Crippen LogP contribution is 2.57. The maximum atomic E-state index is 13.2. The third kappa shape index (κ3) is 3.14. The quantitative estimate of drug-likeness (QED) is 0.605. The van der Waals surface area contributed by atoms with Crippen LogP contribution in [0.1, 0.15) is 12.0 Å². The van der Waals surface area contributed by atoms with E-state index < -0.39 is 47.6 Å². The van der Waals surface area contributed by atoms with E-state index in [9.17, 15) is 46.1 Å². The second kappa shape index (κ2) is 6.52. The number of hydrogen-bond acceptors (Lipinski definition) is 3. The SMILES string of the molecule is O=CC1(C(O)(C(F)(F)F)C(F)(F)F)C=CC(c2ccccc2)=C(C(=O)O)C1. The average molecular weight is 394 g/mol. The van der Waals surface area contributed by atoms with Crippen LogP contribution in [0.2, 0.25) is 0 Å². The lowest BCUT2D eigenvalue weighted by Gasteiger charge is -2.44. The van der Waals surface area contributed by atoms with Crippen LogP contribution in [0.25, 0.3) is 5.57 Å². The van der Waals surface area contributed by atoms with Crippen molar-refractivity contribution in [1.82, 2.24) is 0 Å². The van der Waals surface area contributed by atoms with E-state index in [1.807, 2.05) is 0 Å². The Kier molecular flexibility index (Phi) is 5.00. The summed E-state index contributed by atoms with van der Waals surface area (Å²) in [5.41, 5.74) is -9.85. The zero-order chi connectivity index (χ0) is 20.7. The number of hydrogen-bond donors (Lipinski definition) is 2. The Bertz CT molecular complexity index is 793. The second-order valence-corrected chi connectivity index (χ2v) is 5.94. The Morgan fingerprint density at radius 1 is 1.04 bits per heavy atom. The topological polar surface area (TPSA) is 74.6 Å². The molecule has 0 spiro atoms. The first-order valence-electron chi connectivity index (χ1n) is 7.34. The molecular formula is C17H12F6O4. The number of aliphatic carboxylic acids is 1. The summed E-state index contributed by atoms with van der Waals surface area (Å²) in [7, 11) is 0. The molecular weight excluding hydrogens is 382 g/mol. The molecule has 2 rings (SSSR count). The zero-order valence-corrected chi connectivity index (χ0v) is 13.3. The first-order chi connectivity index (χ1) is 12.3. The Balaban J connectivity index is 2.72. The molecule has 27 heavy (non-hydrogen) atoms. The summed E-state index contributed by atoms with van der Waals surface area (Å²) in [4.78, 5) is 22.9. The Morgan fingerprint density at radius 3 is 1.96 bits per heavy atom. The average Bonchev–Trinajstić information content (AvgIpc) is 2.59. The summed E-state index contributed by atoms with van der Waals surface area (Å²) in [5.74, 6) is -1.81. The number of aldehydes is 1. The molecule has 1 aromatic rings. The maximum Gasteiger partial charge on any atom is 0.427 e. The first-order valence-corrected chi connectivity index (χ1v) is 7.34. The van der Waals surface area contributed by atoms with Crippen LogP contribution in [0, 0.1) is 5.41 Å². The van der Waals surface area contributed by atoms with Crippen LogP contribution in [0.4, 0.5) is 26.3 Å². The third-order valence-corrected chi connectivity index (χ3v) is 4.39. The number of carboxylic acid groups (broad SMARTS) is 1. The van der Waals surface area contributed by atoms with Crippen LogP contribution >= 0.6 is 0 Å². The highest BCUT2D eigenvalue weighted by atomic mass is 19.4. The minimum atomic E-state index is -6.29. The first kappa shape index (κ1) is 20.7.